The van der Waals surface area contributed by atoms with E-state index in [0.29, 0.717) is 12.8 Å². The van der Waals surface area contributed by atoms with Crippen LogP contribution in [0.4, 0.5) is 14.5 Å². The van der Waals surface area contributed by atoms with Crippen molar-refractivity contribution in [1.82, 2.24) is 4.98 Å². The molecule has 0 radical (unpaired) electrons. The Bertz CT molecular complexity index is 564. The number of carbonyl (C=O) groups is 1. The summed E-state index contributed by atoms with van der Waals surface area (Å²) < 4.78 is 27.6. The molecule has 0 aliphatic carbocycles. The number of halogens is 2. The Morgan fingerprint density at radius 2 is 1.79 bits per heavy atom. The van der Waals surface area contributed by atoms with Crippen LogP contribution in [0.5, 0.6) is 0 Å². The molecule has 1 heterocycles. The highest BCUT2D eigenvalue weighted by Gasteiger charge is 2.15. The summed E-state index contributed by atoms with van der Waals surface area (Å²) in [5.41, 5.74) is 0.717. The van der Waals surface area contributed by atoms with Crippen LogP contribution in [0, 0.1) is 11.6 Å². The number of hydrogen-bond donors (Lipinski definition) is 0. The number of pyridine rings is 1. The van der Waals surface area contributed by atoms with Crippen molar-refractivity contribution in [2.75, 3.05) is 11.9 Å². The average molecular weight is 262 g/mol. The molecule has 0 spiro atoms. The molecule has 0 unspecified atom stereocenters. The van der Waals surface area contributed by atoms with Gasteiger partial charge >= 0.3 is 0 Å². The van der Waals surface area contributed by atoms with Crippen LogP contribution in [-0.2, 0) is 6.54 Å². The van der Waals surface area contributed by atoms with Crippen LogP contribution in [0.1, 0.15) is 15.9 Å². The first-order valence-corrected chi connectivity index (χ1v) is 5.66. The maximum absolute atomic E-state index is 13.8. The number of anilines is 1. The summed E-state index contributed by atoms with van der Waals surface area (Å²) in [6.07, 6.45) is 3.65. The lowest BCUT2D eigenvalue weighted by Crippen LogP contribution is -2.19. The Hall–Kier alpha value is -2.30. The van der Waals surface area contributed by atoms with Gasteiger partial charge in [-0.2, -0.15) is 0 Å². The zero-order valence-electron chi connectivity index (χ0n) is 10.3. The molecule has 5 heteroatoms. The fraction of sp³-hybridized carbons (Fsp3) is 0.143. The minimum Gasteiger partial charge on any atom is -0.366 e. The van der Waals surface area contributed by atoms with Crippen LogP contribution in [0.25, 0.3) is 0 Å². The quantitative estimate of drug-likeness (QED) is 0.794. The first-order chi connectivity index (χ1) is 9.11. The lowest BCUT2D eigenvalue weighted by atomic mass is 10.1. The molecule has 1 aromatic carbocycles. The summed E-state index contributed by atoms with van der Waals surface area (Å²) in [6.45, 7) is 0.344. The average Bonchev–Trinajstić information content (AvgIpc) is 2.38. The highest BCUT2D eigenvalue weighted by atomic mass is 19.1. The van der Waals surface area contributed by atoms with E-state index in [1.807, 2.05) is 0 Å². The summed E-state index contributed by atoms with van der Waals surface area (Å²) >= 11 is 0. The zero-order valence-corrected chi connectivity index (χ0v) is 10.3. The fourth-order valence-electron chi connectivity index (χ4n) is 1.86. The van der Waals surface area contributed by atoms with Gasteiger partial charge in [0.2, 0.25) is 0 Å². The number of rotatable bonds is 4. The van der Waals surface area contributed by atoms with Gasteiger partial charge in [0.1, 0.15) is 23.6 Å². The summed E-state index contributed by atoms with van der Waals surface area (Å²) in [5.74, 6) is -1.50. The van der Waals surface area contributed by atoms with Gasteiger partial charge in [0.25, 0.3) is 0 Å². The predicted octanol–water partition coefficient (Wildman–Crippen LogP) is 2.81. The minimum atomic E-state index is -0.751. The molecule has 1 aromatic heterocycles. The standard InChI is InChI=1S/C14H12F2N2O/c1-18(8-10-2-4-17-5-3-10)14-12(15)6-11(9-19)7-13(14)16/h2-7,9H,8H2,1H3. The van der Waals surface area contributed by atoms with Gasteiger partial charge in [-0.05, 0) is 29.8 Å². The second kappa shape index (κ2) is 5.56. The van der Waals surface area contributed by atoms with E-state index in [4.69, 9.17) is 0 Å². The van der Waals surface area contributed by atoms with Gasteiger partial charge in [-0.3, -0.25) is 9.78 Å². The van der Waals surface area contributed by atoms with E-state index >= 15 is 0 Å². The number of aldehydes is 1. The Balaban J connectivity index is 2.29. The molecule has 0 saturated carbocycles. The maximum Gasteiger partial charge on any atom is 0.150 e. The number of nitrogens with zero attached hydrogens (tertiary/aromatic N) is 2. The van der Waals surface area contributed by atoms with E-state index in [1.165, 1.54) is 4.90 Å². The van der Waals surface area contributed by atoms with Gasteiger partial charge < -0.3 is 4.90 Å². The van der Waals surface area contributed by atoms with Crippen molar-refractivity contribution in [3.63, 3.8) is 0 Å². The third-order valence-corrected chi connectivity index (χ3v) is 2.73. The Morgan fingerprint density at radius 3 is 2.32 bits per heavy atom. The van der Waals surface area contributed by atoms with E-state index in [-0.39, 0.29) is 11.3 Å². The van der Waals surface area contributed by atoms with Crippen LogP contribution >= 0.6 is 0 Å². The molecule has 2 rings (SSSR count). The molecule has 0 bridgehead atoms. The van der Waals surface area contributed by atoms with Gasteiger partial charge in [0.15, 0.2) is 0 Å². The van der Waals surface area contributed by atoms with Gasteiger partial charge in [-0.15, -0.1) is 0 Å². The molecule has 0 fully saturated rings. The van der Waals surface area contributed by atoms with Crippen molar-refractivity contribution in [1.29, 1.82) is 0 Å². The molecule has 0 amide bonds. The van der Waals surface area contributed by atoms with Crippen molar-refractivity contribution in [2.45, 2.75) is 6.54 Å². The maximum atomic E-state index is 13.8. The van der Waals surface area contributed by atoms with Crippen molar-refractivity contribution < 1.29 is 13.6 Å². The van der Waals surface area contributed by atoms with Crippen LogP contribution in [-0.4, -0.2) is 18.3 Å². The van der Waals surface area contributed by atoms with E-state index < -0.39 is 11.6 Å². The molecule has 3 nitrogen and oxygen atoms in total. The van der Waals surface area contributed by atoms with Crippen LogP contribution in [0.2, 0.25) is 0 Å². The number of hydrogen-bond acceptors (Lipinski definition) is 3. The monoisotopic (exact) mass is 262 g/mol. The summed E-state index contributed by atoms with van der Waals surface area (Å²) in [6, 6.07) is 5.58. The third kappa shape index (κ3) is 2.93. The van der Waals surface area contributed by atoms with E-state index in [0.717, 1.165) is 17.7 Å². The van der Waals surface area contributed by atoms with Crippen molar-refractivity contribution >= 4 is 12.0 Å². The number of benzene rings is 1. The Kier molecular flexibility index (Phi) is 3.85. The SMILES string of the molecule is CN(Cc1ccncc1)c1c(F)cc(C=O)cc1F. The second-order valence-corrected chi connectivity index (χ2v) is 4.16. The molecule has 98 valence electrons. The van der Waals surface area contributed by atoms with Gasteiger partial charge in [-0.1, -0.05) is 0 Å². The van der Waals surface area contributed by atoms with Crippen molar-refractivity contribution in [2.24, 2.45) is 0 Å². The van der Waals surface area contributed by atoms with Crippen molar-refractivity contribution in [3.8, 4) is 0 Å². The molecular formula is C14H12F2N2O. The highest BCUT2D eigenvalue weighted by Crippen LogP contribution is 2.24. The smallest absolute Gasteiger partial charge is 0.150 e. The van der Waals surface area contributed by atoms with Gasteiger partial charge in [0, 0.05) is 31.5 Å². The molecule has 0 aliphatic rings. The normalized spacial score (nSPS) is 10.3. The molecular weight excluding hydrogens is 250 g/mol. The molecule has 0 N–H and O–H groups in total. The topological polar surface area (TPSA) is 33.2 Å². The first kappa shape index (κ1) is 13.1. The van der Waals surface area contributed by atoms with E-state index in [1.54, 1.807) is 31.6 Å². The largest absolute Gasteiger partial charge is 0.366 e. The first-order valence-electron chi connectivity index (χ1n) is 5.66. The van der Waals surface area contributed by atoms with Crippen molar-refractivity contribution in [3.05, 3.63) is 59.4 Å². The van der Waals surface area contributed by atoms with Gasteiger partial charge in [0.05, 0.1) is 0 Å². The molecule has 19 heavy (non-hydrogen) atoms. The second-order valence-electron chi connectivity index (χ2n) is 4.16. The lowest BCUT2D eigenvalue weighted by molar-refractivity contribution is 0.112. The van der Waals surface area contributed by atoms with Crippen LogP contribution in [0.3, 0.4) is 0 Å². The summed E-state index contributed by atoms with van der Waals surface area (Å²) in [5, 5.41) is 0. The highest BCUT2D eigenvalue weighted by molar-refractivity contribution is 5.76. The molecule has 0 aliphatic heterocycles. The lowest BCUT2D eigenvalue weighted by Gasteiger charge is -2.20. The Morgan fingerprint density at radius 1 is 1.21 bits per heavy atom. The van der Waals surface area contributed by atoms with E-state index in [9.17, 15) is 13.6 Å². The predicted molar refractivity (Wildman–Crippen MR) is 68.1 cm³/mol. The van der Waals surface area contributed by atoms with Crippen LogP contribution < -0.4 is 4.90 Å². The minimum absolute atomic E-state index is 0.0175. The number of carbonyl (C=O) groups excluding carboxylic acids is 1. The zero-order chi connectivity index (χ0) is 13.8. The number of aromatic nitrogens is 1. The summed E-state index contributed by atoms with van der Waals surface area (Å²) in [7, 11) is 1.59. The molecule has 0 saturated heterocycles. The van der Waals surface area contributed by atoms with Crippen LogP contribution in [0.15, 0.2) is 36.7 Å². The van der Waals surface area contributed by atoms with E-state index in [2.05, 4.69) is 4.98 Å². The molecule has 0 atom stereocenters. The summed E-state index contributed by atoms with van der Waals surface area (Å²) in [4.78, 5) is 15.9. The third-order valence-electron chi connectivity index (χ3n) is 2.73. The fourth-order valence-corrected chi connectivity index (χ4v) is 1.86. The molecule has 2 aromatic rings. The van der Waals surface area contributed by atoms with Gasteiger partial charge in [-0.25, -0.2) is 8.78 Å². The Labute approximate surface area is 109 Å².